The topological polar surface area (TPSA) is 66.8 Å². The molecule has 0 bridgehead atoms. The molecule has 0 spiro atoms. The van der Waals surface area contributed by atoms with Gasteiger partial charge in [-0.2, -0.15) is 0 Å². The standard InChI is InChI=1S/C27H23F2NO4/c1-2-34-20-10-6-9-18(15-20)25-24(23(31)14-11-17-7-4-3-5-8-17)26(32)27(33)30(25)19-12-13-21(28)22(29)16-19/h3-10,12-13,15-16,25,32H,2,11,14H2,1H3. The van der Waals surface area contributed by atoms with Crippen LogP contribution in [-0.2, 0) is 16.0 Å². The molecule has 1 heterocycles. The molecule has 0 saturated carbocycles. The van der Waals surface area contributed by atoms with Gasteiger partial charge in [-0.05, 0) is 48.7 Å². The number of ether oxygens (including phenoxy) is 1. The molecule has 1 atom stereocenters. The number of amides is 1. The third-order valence-corrected chi connectivity index (χ3v) is 5.66. The fourth-order valence-corrected chi connectivity index (χ4v) is 4.08. The molecule has 4 rings (SSSR count). The molecule has 5 nitrogen and oxygen atoms in total. The maximum absolute atomic E-state index is 14.0. The van der Waals surface area contributed by atoms with Gasteiger partial charge in [0.1, 0.15) is 5.75 Å². The van der Waals surface area contributed by atoms with Crippen LogP contribution in [0.4, 0.5) is 14.5 Å². The Bertz CT molecular complexity index is 1260. The lowest BCUT2D eigenvalue weighted by Gasteiger charge is -2.27. The van der Waals surface area contributed by atoms with Gasteiger partial charge in [0.15, 0.2) is 23.2 Å². The maximum atomic E-state index is 14.0. The number of aliphatic hydroxyl groups is 1. The summed E-state index contributed by atoms with van der Waals surface area (Å²) in [5.74, 6) is -3.67. The Morgan fingerprint density at radius 3 is 2.47 bits per heavy atom. The van der Waals surface area contributed by atoms with E-state index in [1.54, 1.807) is 24.3 Å². The smallest absolute Gasteiger partial charge is 0.294 e. The van der Waals surface area contributed by atoms with Gasteiger partial charge in [0.25, 0.3) is 5.91 Å². The Morgan fingerprint density at radius 2 is 1.76 bits per heavy atom. The number of rotatable bonds is 8. The van der Waals surface area contributed by atoms with Gasteiger partial charge in [0, 0.05) is 18.2 Å². The van der Waals surface area contributed by atoms with Crippen LogP contribution in [0.2, 0.25) is 0 Å². The van der Waals surface area contributed by atoms with E-state index in [4.69, 9.17) is 4.74 Å². The van der Waals surface area contributed by atoms with Gasteiger partial charge in [0.2, 0.25) is 0 Å². The lowest BCUT2D eigenvalue weighted by Crippen LogP contribution is -2.31. The maximum Gasteiger partial charge on any atom is 0.294 e. The van der Waals surface area contributed by atoms with Crippen molar-refractivity contribution in [1.29, 1.82) is 0 Å². The van der Waals surface area contributed by atoms with Gasteiger partial charge in [0.05, 0.1) is 18.2 Å². The zero-order valence-corrected chi connectivity index (χ0v) is 18.5. The van der Waals surface area contributed by atoms with E-state index in [0.717, 1.165) is 22.6 Å². The highest BCUT2D eigenvalue weighted by Gasteiger charge is 2.44. The van der Waals surface area contributed by atoms with Gasteiger partial charge < -0.3 is 9.84 Å². The summed E-state index contributed by atoms with van der Waals surface area (Å²) in [4.78, 5) is 27.5. The average molecular weight is 463 g/mol. The van der Waals surface area contributed by atoms with Gasteiger partial charge in [-0.25, -0.2) is 8.78 Å². The van der Waals surface area contributed by atoms with E-state index in [2.05, 4.69) is 0 Å². The molecule has 1 unspecified atom stereocenters. The molecular formula is C27H23F2NO4. The highest BCUT2D eigenvalue weighted by molar-refractivity contribution is 6.16. The van der Waals surface area contributed by atoms with Crippen LogP contribution >= 0.6 is 0 Å². The molecule has 3 aromatic rings. The van der Waals surface area contributed by atoms with Gasteiger partial charge in [-0.3, -0.25) is 14.5 Å². The van der Waals surface area contributed by atoms with Crippen LogP contribution in [0, 0.1) is 11.6 Å². The number of carbonyl (C=O) groups is 2. The Morgan fingerprint density at radius 1 is 1.00 bits per heavy atom. The molecule has 0 fully saturated rings. The molecule has 0 aliphatic carbocycles. The Labute approximate surface area is 195 Å². The van der Waals surface area contributed by atoms with E-state index < -0.39 is 35.1 Å². The van der Waals surface area contributed by atoms with Crippen molar-refractivity contribution >= 4 is 17.4 Å². The third kappa shape index (κ3) is 4.55. The molecule has 0 radical (unpaired) electrons. The molecule has 3 aromatic carbocycles. The van der Waals surface area contributed by atoms with Gasteiger partial charge in [-0.1, -0.05) is 42.5 Å². The number of aryl methyl sites for hydroxylation is 1. The van der Waals surface area contributed by atoms with E-state index in [1.165, 1.54) is 6.07 Å². The van der Waals surface area contributed by atoms with E-state index in [-0.39, 0.29) is 17.7 Å². The summed E-state index contributed by atoms with van der Waals surface area (Å²) in [6, 6.07) is 18.1. The molecule has 7 heteroatoms. The minimum atomic E-state index is -1.14. The third-order valence-electron chi connectivity index (χ3n) is 5.66. The highest BCUT2D eigenvalue weighted by atomic mass is 19.2. The molecule has 1 aliphatic rings. The molecule has 174 valence electrons. The molecule has 1 amide bonds. The van der Waals surface area contributed by atoms with Gasteiger partial charge >= 0.3 is 0 Å². The largest absolute Gasteiger partial charge is 0.503 e. The first-order chi connectivity index (χ1) is 16.4. The summed E-state index contributed by atoms with van der Waals surface area (Å²) in [5, 5.41) is 10.8. The molecule has 34 heavy (non-hydrogen) atoms. The zero-order valence-electron chi connectivity index (χ0n) is 18.5. The summed E-state index contributed by atoms with van der Waals surface area (Å²) < 4.78 is 33.2. The van der Waals surface area contributed by atoms with Crippen molar-refractivity contribution in [2.75, 3.05) is 11.5 Å². The Balaban J connectivity index is 1.76. The second-order valence-corrected chi connectivity index (χ2v) is 7.85. The fraction of sp³-hybridized carbons (Fsp3) is 0.185. The van der Waals surface area contributed by atoms with Gasteiger partial charge in [-0.15, -0.1) is 0 Å². The predicted octanol–water partition coefficient (Wildman–Crippen LogP) is 5.47. The van der Waals surface area contributed by atoms with Crippen LogP contribution in [0.15, 0.2) is 84.1 Å². The van der Waals surface area contributed by atoms with Crippen molar-refractivity contribution in [2.45, 2.75) is 25.8 Å². The van der Waals surface area contributed by atoms with Crippen LogP contribution in [-0.4, -0.2) is 23.4 Å². The number of halogens is 2. The van der Waals surface area contributed by atoms with Crippen molar-refractivity contribution in [3.63, 3.8) is 0 Å². The summed E-state index contributed by atoms with van der Waals surface area (Å²) >= 11 is 0. The van der Waals surface area contributed by atoms with Crippen molar-refractivity contribution in [3.05, 3.63) is 107 Å². The number of Topliss-reactive ketones (excluding diaryl/α,β-unsaturated/α-hetero) is 1. The van der Waals surface area contributed by atoms with Crippen LogP contribution in [0.3, 0.4) is 0 Å². The number of carbonyl (C=O) groups excluding carboxylic acids is 2. The molecule has 0 saturated heterocycles. The first-order valence-corrected chi connectivity index (χ1v) is 10.9. The van der Waals surface area contributed by atoms with E-state index in [0.29, 0.717) is 24.3 Å². The minimum Gasteiger partial charge on any atom is -0.503 e. The van der Waals surface area contributed by atoms with Crippen molar-refractivity contribution in [2.24, 2.45) is 0 Å². The lowest BCUT2D eigenvalue weighted by molar-refractivity contribution is -0.118. The van der Waals surface area contributed by atoms with Crippen molar-refractivity contribution in [3.8, 4) is 5.75 Å². The summed E-state index contributed by atoms with van der Waals surface area (Å²) in [5.41, 5.74) is 1.37. The first-order valence-electron chi connectivity index (χ1n) is 10.9. The van der Waals surface area contributed by atoms with Crippen LogP contribution in [0.25, 0.3) is 0 Å². The van der Waals surface area contributed by atoms with E-state index in [9.17, 15) is 23.5 Å². The summed E-state index contributed by atoms with van der Waals surface area (Å²) in [7, 11) is 0. The van der Waals surface area contributed by atoms with E-state index in [1.807, 2.05) is 37.3 Å². The fourth-order valence-electron chi connectivity index (χ4n) is 4.08. The minimum absolute atomic E-state index is 0.0214. The second-order valence-electron chi connectivity index (χ2n) is 7.85. The van der Waals surface area contributed by atoms with Crippen LogP contribution in [0.1, 0.15) is 30.5 Å². The number of nitrogens with zero attached hydrogens (tertiary/aromatic N) is 1. The number of ketones is 1. The monoisotopic (exact) mass is 463 g/mol. The first kappa shape index (κ1) is 23.2. The number of aliphatic hydroxyl groups excluding tert-OH is 1. The van der Waals surface area contributed by atoms with Crippen molar-refractivity contribution < 1.29 is 28.2 Å². The van der Waals surface area contributed by atoms with Crippen molar-refractivity contribution in [1.82, 2.24) is 0 Å². The Kier molecular flexibility index (Phi) is 6.72. The zero-order chi connectivity index (χ0) is 24.2. The second kappa shape index (κ2) is 9.87. The number of anilines is 1. The quantitative estimate of drug-likeness (QED) is 0.481. The average Bonchev–Trinajstić information content (AvgIpc) is 3.11. The highest BCUT2D eigenvalue weighted by Crippen LogP contribution is 2.42. The number of hydrogen-bond acceptors (Lipinski definition) is 4. The predicted molar refractivity (Wildman–Crippen MR) is 124 cm³/mol. The van der Waals surface area contributed by atoms with Crippen LogP contribution < -0.4 is 9.64 Å². The molecule has 1 N–H and O–H groups in total. The SMILES string of the molecule is CCOc1cccc(C2C(C(=O)CCc3ccccc3)=C(O)C(=O)N2c2ccc(F)c(F)c2)c1. The lowest BCUT2D eigenvalue weighted by atomic mass is 9.93. The van der Waals surface area contributed by atoms with E-state index >= 15 is 0 Å². The molecule has 0 aromatic heterocycles. The number of hydrogen-bond donors (Lipinski definition) is 1. The normalized spacial score (nSPS) is 15.7. The Hall–Kier alpha value is -4.00. The summed E-state index contributed by atoms with van der Waals surface area (Å²) in [6.07, 6.45) is 0.478. The van der Waals surface area contributed by atoms with Crippen LogP contribution in [0.5, 0.6) is 5.75 Å². The molecular weight excluding hydrogens is 440 g/mol. The number of benzene rings is 3. The summed E-state index contributed by atoms with van der Waals surface area (Å²) in [6.45, 7) is 2.23. The molecule has 1 aliphatic heterocycles.